The molecule has 1 heterocycles. The zero-order valence-electron chi connectivity index (χ0n) is 10.6. The van der Waals surface area contributed by atoms with Gasteiger partial charge in [-0.15, -0.1) is 24.5 Å². The average Bonchev–Trinajstić information content (AvgIpc) is 2.83. The molecule has 112 valence electrons. The van der Waals surface area contributed by atoms with Crippen LogP contribution in [0, 0.1) is 0 Å². The molecule has 4 nitrogen and oxygen atoms in total. The van der Waals surface area contributed by atoms with Gasteiger partial charge in [-0.25, -0.2) is 4.98 Å². The normalized spacial score (nSPS) is 11.4. The fraction of sp³-hybridized carbons (Fsp3) is 0.231. The smallest absolute Gasteiger partial charge is 0.481 e. The number of aliphatic carboxylic acids is 1. The second-order valence-electron chi connectivity index (χ2n) is 4.08. The summed E-state index contributed by atoms with van der Waals surface area (Å²) in [7, 11) is 0. The van der Waals surface area contributed by atoms with Crippen LogP contribution in [0.4, 0.5) is 13.2 Å². The fourth-order valence-corrected chi connectivity index (χ4v) is 2.52. The number of hydrogen-bond acceptors (Lipinski definition) is 4. The predicted octanol–water partition coefficient (Wildman–Crippen LogP) is 3.73. The highest BCUT2D eigenvalue weighted by atomic mass is 32.1. The number of ether oxygens (including phenoxy) is 1. The molecular formula is C13H10F3NO3S. The Morgan fingerprint density at radius 1 is 1.33 bits per heavy atom. The first-order valence-corrected chi connectivity index (χ1v) is 6.74. The summed E-state index contributed by atoms with van der Waals surface area (Å²) < 4.78 is 41.0. The van der Waals surface area contributed by atoms with Gasteiger partial charge in [0, 0.05) is 11.8 Å². The summed E-state index contributed by atoms with van der Waals surface area (Å²) in [5, 5.41) is 10.6. The van der Waals surface area contributed by atoms with E-state index in [0.29, 0.717) is 10.7 Å². The van der Waals surface area contributed by atoms with E-state index < -0.39 is 12.3 Å². The predicted molar refractivity (Wildman–Crippen MR) is 70.2 cm³/mol. The minimum atomic E-state index is -4.78. The van der Waals surface area contributed by atoms with Crippen LogP contribution in [-0.2, 0) is 11.2 Å². The number of alkyl halides is 3. The zero-order chi connectivity index (χ0) is 15.5. The molecule has 0 atom stereocenters. The molecule has 2 aromatic rings. The molecule has 2 rings (SSSR count). The molecule has 0 aliphatic heterocycles. The Labute approximate surface area is 121 Å². The first kappa shape index (κ1) is 15.3. The van der Waals surface area contributed by atoms with Gasteiger partial charge in [0.05, 0.1) is 17.7 Å². The lowest BCUT2D eigenvalue weighted by atomic mass is 10.2. The lowest BCUT2D eigenvalue weighted by Gasteiger charge is -2.11. The molecule has 0 amide bonds. The average molecular weight is 317 g/mol. The van der Waals surface area contributed by atoms with E-state index >= 15 is 0 Å². The zero-order valence-corrected chi connectivity index (χ0v) is 11.4. The summed E-state index contributed by atoms with van der Waals surface area (Å²) in [6, 6.07) is 5.70. The number of carboxylic acids is 1. The minimum Gasteiger partial charge on any atom is -0.481 e. The molecule has 0 aliphatic rings. The van der Waals surface area contributed by atoms with E-state index in [1.54, 1.807) is 11.4 Å². The number of rotatable bonds is 5. The van der Waals surface area contributed by atoms with Crippen LogP contribution in [-0.4, -0.2) is 22.4 Å². The molecule has 1 aromatic heterocycles. The van der Waals surface area contributed by atoms with Crippen molar-refractivity contribution in [3.63, 3.8) is 0 Å². The maximum absolute atomic E-state index is 12.3. The largest absolute Gasteiger partial charge is 0.573 e. The molecule has 8 heteroatoms. The van der Waals surface area contributed by atoms with Crippen LogP contribution in [0.15, 0.2) is 29.6 Å². The minimum absolute atomic E-state index is 0.0795. The van der Waals surface area contributed by atoms with Crippen LogP contribution in [0.5, 0.6) is 5.75 Å². The topological polar surface area (TPSA) is 59.4 Å². The highest BCUT2D eigenvalue weighted by molar-refractivity contribution is 7.13. The van der Waals surface area contributed by atoms with Crippen molar-refractivity contribution >= 4 is 17.3 Å². The Kier molecular flexibility index (Phi) is 4.46. The van der Waals surface area contributed by atoms with E-state index in [4.69, 9.17) is 5.11 Å². The van der Waals surface area contributed by atoms with Gasteiger partial charge < -0.3 is 9.84 Å². The number of aryl methyl sites for hydroxylation is 1. The van der Waals surface area contributed by atoms with Gasteiger partial charge in [0.25, 0.3) is 0 Å². The van der Waals surface area contributed by atoms with Crippen LogP contribution in [0.3, 0.4) is 0 Å². The van der Waals surface area contributed by atoms with Crippen molar-refractivity contribution in [2.45, 2.75) is 19.2 Å². The van der Waals surface area contributed by atoms with E-state index in [1.165, 1.54) is 18.2 Å². The number of carboxylic acid groups (broad SMARTS) is 1. The molecule has 1 N–H and O–H groups in total. The van der Waals surface area contributed by atoms with Crippen molar-refractivity contribution in [1.82, 2.24) is 4.98 Å². The number of hydrogen-bond donors (Lipinski definition) is 1. The van der Waals surface area contributed by atoms with Crippen LogP contribution >= 0.6 is 11.3 Å². The Bertz CT molecular complexity index is 640. The lowest BCUT2D eigenvalue weighted by molar-refractivity contribution is -0.274. The second kappa shape index (κ2) is 6.13. The summed E-state index contributed by atoms with van der Waals surface area (Å²) in [4.78, 5) is 14.6. The van der Waals surface area contributed by atoms with Crippen LogP contribution in [0.25, 0.3) is 10.6 Å². The highest BCUT2D eigenvalue weighted by Crippen LogP contribution is 2.35. The van der Waals surface area contributed by atoms with Gasteiger partial charge in [0.1, 0.15) is 10.8 Å². The van der Waals surface area contributed by atoms with Gasteiger partial charge in [0.15, 0.2) is 0 Å². The fourth-order valence-electron chi connectivity index (χ4n) is 1.64. The molecule has 0 bridgehead atoms. The van der Waals surface area contributed by atoms with E-state index in [-0.39, 0.29) is 24.2 Å². The van der Waals surface area contributed by atoms with Gasteiger partial charge in [-0.3, -0.25) is 4.79 Å². The summed E-state index contributed by atoms with van der Waals surface area (Å²) in [6.45, 7) is 0. The first-order valence-electron chi connectivity index (χ1n) is 5.86. The number of aromatic nitrogens is 1. The van der Waals surface area contributed by atoms with Gasteiger partial charge >= 0.3 is 12.3 Å². The van der Waals surface area contributed by atoms with Crippen LogP contribution < -0.4 is 4.74 Å². The number of thiazole rings is 1. The number of halogens is 3. The third-order valence-electron chi connectivity index (χ3n) is 2.49. The van der Waals surface area contributed by atoms with Crippen molar-refractivity contribution in [3.8, 4) is 16.3 Å². The first-order chi connectivity index (χ1) is 9.85. The van der Waals surface area contributed by atoms with Crippen molar-refractivity contribution in [3.05, 3.63) is 35.3 Å². The SMILES string of the molecule is O=C(O)CCc1csc(-c2ccccc2OC(F)(F)F)n1. The second-order valence-corrected chi connectivity index (χ2v) is 4.94. The third-order valence-corrected chi connectivity index (χ3v) is 3.41. The highest BCUT2D eigenvalue weighted by Gasteiger charge is 2.32. The van der Waals surface area contributed by atoms with Crippen LogP contribution in [0.2, 0.25) is 0 Å². The van der Waals surface area contributed by atoms with Gasteiger partial charge in [-0.2, -0.15) is 0 Å². The molecule has 0 saturated heterocycles. The number of carbonyl (C=O) groups is 1. The summed E-state index contributed by atoms with van der Waals surface area (Å²) >= 11 is 1.14. The number of para-hydroxylation sites is 1. The molecule has 0 unspecified atom stereocenters. The molecular weight excluding hydrogens is 307 g/mol. The number of benzene rings is 1. The van der Waals surface area contributed by atoms with Crippen LogP contribution in [0.1, 0.15) is 12.1 Å². The monoisotopic (exact) mass is 317 g/mol. The van der Waals surface area contributed by atoms with E-state index in [1.807, 2.05) is 0 Å². The molecule has 0 spiro atoms. The van der Waals surface area contributed by atoms with Gasteiger partial charge in [0.2, 0.25) is 0 Å². The van der Waals surface area contributed by atoms with Crippen molar-refractivity contribution in [2.75, 3.05) is 0 Å². The Balaban J connectivity index is 2.24. The Morgan fingerprint density at radius 2 is 2.05 bits per heavy atom. The lowest BCUT2D eigenvalue weighted by Crippen LogP contribution is -2.17. The Hall–Kier alpha value is -2.09. The maximum Gasteiger partial charge on any atom is 0.573 e. The molecule has 21 heavy (non-hydrogen) atoms. The summed E-state index contributed by atoms with van der Waals surface area (Å²) in [6.07, 6.45) is -4.63. The molecule has 0 saturated carbocycles. The van der Waals surface area contributed by atoms with E-state index in [2.05, 4.69) is 9.72 Å². The summed E-state index contributed by atoms with van der Waals surface area (Å²) in [5.41, 5.74) is 0.751. The van der Waals surface area contributed by atoms with Gasteiger partial charge in [-0.1, -0.05) is 12.1 Å². The van der Waals surface area contributed by atoms with E-state index in [0.717, 1.165) is 11.3 Å². The van der Waals surface area contributed by atoms with Crippen molar-refractivity contribution in [1.29, 1.82) is 0 Å². The third kappa shape index (κ3) is 4.45. The van der Waals surface area contributed by atoms with Crippen molar-refractivity contribution in [2.24, 2.45) is 0 Å². The Morgan fingerprint density at radius 3 is 2.71 bits per heavy atom. The molecule has 1 aromatic carbocycles. The summed E-state index contributed by atoms with van der Waals surface area (Å²) in [5.74, 6) is -1.28. The standard InChI is InChI=1S/C13H10F3NO3S/c14-13(15,16)20-10-4-2-1-3-9(10)12-17-8(7-21-12)5-6-11(18)19/h1-4,7H,5-6H2,(H,18,19). The van der Waals surface area contributed by atoms with Gasteiger partial charge in [-0.05, 0) is 12.1 Å². The maximum atomic E-state index is 12.3. The van der Waals surface area contributed by atoms with E-state index in [9.17, 15) is 18.0 Å². The quantitative estimate of drug-likeness (QED) is 0.913. The number of nitrogens with zero attached hydrogens (tertiary/aromatic N) is 1. The molecule has 0 radical (unpaired) electrons. The van der Waals surface area contributed by atoms with Crippen molar-refractivity contribution < 1.29 is 27.8 Å². The molecule has 0 fully saturated rings. The molecule has 0 aliphatic carbocycles.